The van der Waals surface area contributed by atoms with Crippen LogP contribution in [0.15, 0.2) is 48.5 Å². The van der Waals surface area contributed by atoms with Crippen LogP contribution in [0.4, 0.5) is 9.39 Å². The Kier molecular flexibility index (Phi) is 6.89. The van der Waals surface area contributed by atoms with Crippen LogP contribution in [0.1, 0.15) is 38.0 Å². The average molecular weight is 455 g/mol. The third-order valence-electron chi connectivity index (χ3n) is 5.86. The number of carbonyl (C=O) groups excluding carboxylic acids is 1. The molecule has 0 spiro atoms. The second-order valence-electron chi connectivity index (χ2n) is 7.81. The number of aryl methyl sites for hydroxylation is 1. The van der Waals surface area contributed by atoms with Crippen molar-refractivity contribution in [2.45, 2.75) is 19.9 Å². The fourth-order valence-corrected chi connectivity index (χ4v) is 5.14. The van der Waals surface area contributed by atoms with E-state index in [0.29, 0.717) is 24.5 Å². The van der Waals surface area contributed by atoms with Gasteiger partial charge in [0.2, 0.25) is 0 Å². The normalized spacial score (nSPS) is 15.4. The summed E-state index contributed by atoms with van der Waals surface area (Å²) in [5, 5.41) is 3.91. The Morgan fingerprint density at radius 1 is 1.16 bits per heavy atom. The van der Waals surface area contributed by atoms with E-state index in [1.54, 1.807) is 54.8 Å². The van der Waals surface area contributed by atoms with E-state index in [4.69, 9.17) is 9.47 Å². The van der Waals surface area contributed by atoms with Crippen molar-refractivity contribution in [1.82, 2.24) is 4.90 Å². The van der Waals surface area contributed by atoms with E-state index in [1.807, 2.05) is 6.07 Å². The number of morpholine rings is 1. The summed E-state index contributed by atoms with van der Waals surface area (Å²) < 4.78 is 24.9. The zero-order chi connectivity index (χ0) is 22.7. The van der Waals surface area contributed by atoms with E-state index in [1.165, 1.54) is 6.07 Å². The quantitative estimate of drug-likeness (QED) is 0.557. The SMILES string of the molecule is COc1ccc(C(=O)Nc2sc(C)c(C)c2[C@H](c2cccc(F)c2)N2CCOCC2)cc1. The predicted octanol–water partition coefficient (Wildman–Crippen LogP) is 5.19. The lowest BCUT2D eigenvalue weighted by Gasteiger charge is -2.35. The van der Waals surface area contributed by atoms with Crippen molar-refractivity contribution in [3.05, 3.63) is 81.5 Å². The maximum Gasteiger partial charge on any atom is 0.256 e. The van der Waals surface area contributed by atoms with Crippen LogP contribution in [0.3, 0.4) is 0 Å². The van der Waals surface area contributed by atoms with Crippen molar-refractivity contribution in [2.24, 2.45) is 0 Å². The van der Waals surface area contributed by atoms with Gasteiger partial charge in [0.25, 0.3) is 5.91 Å². The van der Waals surface area contributed by atoms with Crippen molar-refractivity contribution in [3.8, 4) is 5.75 Å². The number of hydrogen-bond donors (Lipinski definition) is 1. The average Bonchev–Trinajstić information content (AvgIpc) is 3.08. The van der Waals surface area contributed by atoms with Gasteiger partial charge in [0.15, 0.2) is 0 Å². The Morgan fingerprint density at radius 2 is 1.88 bits per heavy atom. The van der Waals surface area contributed by atoms with Crippen LogP contribution < -0.4 is 10.1 Å². The number of nitrogens with one attached hydrogen (secondary N) is 1. The molecule has 1 atom stereocenters. The van der Waals surface area contributed by atoms with Crippen molar-refractivity contribution in [3.63, 3.8) is 0 Å². The van der Waals surface area contributed by atoms with E-state index in [0.717, 1.165) is 39.7 Å². The van der Waals surface area contributed by atoms with Gasteiger partial charge in [-0.2, -0.15) is 0 Å². The fraction of sp³-hybridized carbons (Fsp3) is 0.320. The minimum atomic E-state index is -0.269. The number of ether oxygens (including phenoxy) is 2. The number of halogens is 1. The van der Waals surface area contributed by atoms with Crippen molar-refractivity contribution in [1.29, 1.82) is 0 Å². The molecule has 0 aliphatic carbocycles. The van der Waals surface area contributed by atoms with Gasteiger partial charge in [0, 0.05) is 29.1 Å². The standard InChI is InChI=1S/C25H27FN2O3S/c1-16-17(2)32-25(27-24(29)18-7-9-21(30-3)10-8-18)22(16)23(28-11-13-31-14-12-28)19-5-4-6-20(26)15-19/h4-10,15,23H,11-14H2,1-3H3,(H,27,29)/t23-/m0/s1. The van der Waals surface area contributed by atoms with E-state index >= 15 is 0 Å². The first-order valence-electron chi connectivity index (χ1n) is 10.6. The highest BCUT2D eigenvalue weighted by Gasteiger charge is 2.30. The molecule has 1 aliphatic rings. The van der Waals surface area contributed by atoms with Gasteiger partial charge in [-0.05, 0) is 61.4 Å². The maximum atomic E-state index is 14.2. The summed E-state index contributed by atoms with van der Waals surface area (Å²) in [6.07, 6.45) is 0. The van der Waals surface area contributed by atoms with Crippen LogP contribution in [0.25, 0.3) is 0 Å². The minimum absolute atomic E-state index is 0.175. The summed E-state index contributed by atoms with van der Waals surface area (Å²) in [4.78, 5) is 16.5. The monoisotopic (exact) mass is 454 g/mol. The minimum Gasteiger partial charge on any atom is -0.497 e. The summed E-state index contributed by atoms with van der Waals surface area (Å²) in [6, 6.07) is 13.6. The number of carbonyl (C=O) groups is 1. The number of amides is 1. The van der Waals surface area contributed by atoms with Crippen LogP contribution in [0, 0.1) is 19.7 Å². The lowest BCUT2D eigenvalue weighted by Crippen LogP contribution is -2.40. The maximum absolute atomic E-state index is 14.2. The first kappa shape index (κ1) is 22.5. The Balaban J connectivity index is 1.73. The second-order valence-corrected chi connectivity index (χ2v) is 9.04. The van der Waals surface area contributed by atoms with Gasteiger partial charge < -0.3 is 14.8 Å². The molecule has 0 unspecified atom stereocenters. The van der Waals surface area contributed by atoms with Gasteiger partial charge in [-0.25, -0.2) is 4.39 Å². The summed E-state index contributed by atoms with van der Waals surface area (Å²) >= 11 is 1.55. The van der Waals surface area contributed by atoms with E-state index < -0.39 is 0 Å². The van der Waals surface area contributed by atoms with Gasteiger partial charge >= 0.3 is 0 Å². The Hall–Kier alpha value is -2.74. The molecule has 1 aromatic heterocycles. The van der Waals surface area contributed by atoms with Crippen molar-refractivity contribution in [2.75, 3.05) is 38.7 Å². The van der Waals surface area contributed by atoms with Crippen LogP contribution in [-0.2, 0) is 4.74 Å². The lowest BCUT2D eigenvalue weighted by atomic mass is 9.94. The van der Waals surface area contributed by atoms with E-state index in [9.17, 15) is 9.18 Å². The molecule has 0 bridgehead atoms. The molecule has 5 nitrogen and oxygen atoms in total. The molecule has 32 heavy (non-hydrogen) atoms. The van der Waals surface area contributed by atoms with E-state index in [2.05, 4.69) is 24.1 Å². The molecular formula is C25H27FN2O3S. The molecule has 1 saturated heterocycles. The molecule has 1 aliphatic heterocycles. The molecule has 2 heterocycles. The van der Waals surface area contributed by atoms with Crippen molar-refractivity contribution >= 4 is 22.2 Å². The number of hydrogen-bond acceptors (Lipinski definition) is 5. The summed E-state index contributed by atoms with van der Waals surface area (Å²) in [5.74, 6) is 0.243. The first-order chi connectivity index (χ1) is 15.5. The summed E-state index contributed by atoms with van der Waals surface area (Å²) in [6.45, 7) is 6.84. The highest BCUT2D eigenvalue weighted by Crippen LogP contribution is 2.42. The molecular weight excluding hydrogens is 427 g/mol. The second kappa shape index (κ2) is 9.81. The highest BCUT2D eigenvalue weighted by molar-refractivity contribution is 7.16. The topological polar surface area (TPSA) is 50.8 Å². The number of nitrogens with zero attached hydrogens (tertiary/aromatic N) is 1. The van der Waals surface area contributed by atoms with Crippen LogP contribution in [0.5, 0.6) is 5.75 Å². The molecule has 0 saturated carbocycles. The Bertz CT molecular complexity index is 1090. The first-order valence-corrected chi connectivity index (χ1v) is 11.4. The number of anilines is 1. The molecule has 168 valence electrons. The van der Waals surface area contributed by atoms with Gasteiger partial charge in [-0.1, -0.05) is 12.1 Å². The molecule has 3 aromatic rings. The van der Waals surface area contributed by atoms with Gasteiger partial charge in [0.05, 0.1) is 26.4 Å². The number of rotatable bonds is 6. The largest absolute Gasteiger partial charge is 0.497 e. The fourth-order valence-electron chi connectivity index (χ4n) is 4.06. The molecule has 2 aromatic carbocycles. The number of benzene rings is 2. The van der Waals surface area contributed by atoms with Crippen LogP contribution >= 0.6 is 11.3 Å². The van der Waals surface area contributed by atoms with Crippen LogP contribution in [-0.4, -0.2) is 44.2 Å². The number of methoxy groups -OCH3 is 1. The molecule has 7 heteroatoms. The van der Waals surface area contributed by atoms with E-state index in [-0.39, 0.29) is 17.8 Å². The molecule has 0 radical (unpaired) electrons. The van der Waals surface area contributed by atoms with Crippen LogP contribution in [0.2, 0.25) is 0 Å². The van der Waals surface area contributed by atoms with Gasteiger partial charge in [-0.3, -0.25) is 9.69 Å². The van der Waals surface area contributed by atoms with Gasteiger partial charge in [-0.15, -0.1) is 11.3 Å². The zero-order valence-electron chi connectivity index (χ0n) is 18.5. The highest BCUT2D eigenvalue weighted by atomic mass is 32.1. The van der Waals surface area contributed by atoms with Crippen molar-refractivity contribution < 1.29 is 18.7 Å². The predicted molar refractivity (Wildman–Crippen MR) is 125 cm³/mol. The van der Waals surface area contributed by atoms with Gasteiger partial charge in [0.1, 0.15) is 16.6 Å². The summed E-state index contributed by atoms with van der Waals surface area (Å²) in [7, 11) is 1.59. The Labute approximate surface area is 191 Å². The zero-order valence-corrected chi connectivity index (χ0v) is 19.3. The third kappa shape index (κ3) is 4.70. The molecule has 1 N–H and O–H groups in total. The molecule has 4 rings (SSSR count). The molecule has 1 fully saturated rings. The smallest absolute Gasteiger partial charge is 0.256 e. The lowest BCUT2D eigenvalue weighted by molar-refractivity contribution is 0.0240. The molecule has 1 amide bonds. The Morgan fingerprint density at radius 3 is 2.53 bits per heavy atom. The summed E-state index contributed by atoms with van der Waals surface area (Å²) in [5.41, 5.74) is 3.55. The number of thiophene rings is 1. The third-order valence-corrected chi connectivity index (χ3v) is 7.00.